The predicted octanol–water partition coefficient (Wildman–Crippen LogP) is 8.41. The molecule has 1 atom stereocenters. The number of fused-ring (bicyclic) bond motifs is 2. The molecular weight excluding hydrogens is 460 g/mol. The smallest absolute Gasteiger partial charge is 0.0981 e. The van der Waals surface area contributed by atoms with Gasteiger partial charge in [0.1, 0.15) is 0 Å². The third-order valence-electron chi connectivity index (χ3n) is 8.78. The standard InChI is InChI=1S/C37H41O/c1-23-13-16-28(26-17-18-38-22-26)33(23)35-31-19-25-14-15-27(36(2,3)4)20-29(25)30(31)21-32(37(5,6)7)34(35)24-11-9-8-10-12-24/h13-18,20-23H,8-12H2,1-7H3. The molecule has 6 rings (SSSR count). The van der Waals surface area contributed by atoms with Gasteiger partial charge in [-0.3, -0.25) is 0 Å². The minimum Gasteiger partial charge on any atom is -0.472 e. The van der Waals surface area contributed by atoms with Gasteiger partial charge in [-0.25, -0.2) is 0 Å². The van der Waals surface area contributed by atoms with E-state index in [4.69, 9.17) is 4.42 Å². The summed E-state index contributed by atoms with van der Waals surface area (Å²) in [6.45, 7) is 16.4. The van der Waals surface area contributed by atoms with E-state index in [1.807, 2.05) is 6.26 Å². The molecule has 3 aliphatic carbocycles. The zero-order valence-electron chi connectivity index (χ0n) is 24.2. The van der Waals surface area contributed by atoms with Crippen molar-refractivity contribution in [3.8, 4) is 0 Å². The summed E-state index contributed by atoms with van der Waals surface area (Å²) in [7, 11) is 0. The maximum atomic E-state index is 5.57. The van der Waals surface area contributed by atoms with E-state index in [2.05, 4.69) is 97.0 Å². The van der Waals surface area contributed by atoms with Crippen molar-refractivity contribution in [1.29, 1.82) is 0 Å². The Bertz CT molecular complexity index is 1690. The van der Waals surface area contributed by atoms with E-state index in [0.717, 1.165) is 0 Å². The summed E-state index contributed by atoms with van der Waals surface area (Å²) >= 11 is 0. The highest BCUT2D eigenvalue weighted by Crippen LogP contribution is 2.42. The summed E-state index contributed by atoms with van der Waals surface area (Å²) in [6.07, 6.45) is 18.6. The van der Waals surface area contributed by atoms with Gasteiger partial charge < -0.3 is 4.42 Å². The lowest BCUT2D eigenvalue weighted by atomic mass is 9.76. The first-order valence-corrected chi connectivity index (χ1v) is 14.5. The molecule has 0 aliphatic heterocycles. The van der Waals surface area contributed by atoms with Crippen LogP contribution >= 0.6 is 0 Å². The van der Waals surface area contributed by atoms with Crippen molar-refractivity contribution in [2.24, 2.45) is 5.92 Å². The average Bonchev–Trinajstić information content (AvgIpc) is 3.60. The molecule has 1 radical (unpaired) electrons. The molecule has 0 N–H and O–H groups in total. The van der Waals surface area contributed by atoms with E-state index in [9.17, 15) is 0 Å². The minimum absolute atomic E-state index is 0.0274. The second-order valence-electron chi connectivity index (χ2n) is 13.6. The predicted molar refractivity (Wildman–Crippen MR) is 160 cm³/mol. The number of furan rings is 1. The average molecular weight is 502 g/mol. The second kappa shape index (κ2) is 9.01. The molecule has 195 valence electrons. The van der Waals surface area contributed by atoms with Crippen molar-refractivity contribution >= 4 is 22.8 Å². The molecule has 1 unspecified atom stereocenters. The molecule has 3 aromatic rings. The van der Waals surface area contributed by atoms with Crippen molar-refractivity contribution in [1.82, 2.24) is 0 Å². The van der Waals surface area contributed by atoms with Gasteiger partial charge in [0.25, 0.3) is 0 Å². The highest BCUT2D eigenvalue weighted by Gasteiger charge is 2.29. The van der Waals surface area contributed by atoms with Crippen molar-refractivity contribution in [3.63, 3.8) is 0 Å². The van der Waals surface area contributed by atoms with Gasteiger partial charge in [0.05, 0.1) is 12.5 Å². The number of benzene rings is 2. The Morgan fingerprint density at radius 2 is 1.63 bits per heavy atom. The van der Waals surface area contributed by atoms with Crippen LogP contribution in [0.5, 0.6) is 0 Å². The van der Waals surface area contributed by atoms with Gasteiger partial charge in [-0.2, -0.15) is 0 Å². The summed E-state index contributed by atoms with van der Waals surface area (Å²) in [5.74, 6) is 0.331. The fourth-order valence-corrected chi connectivity index (χ4v) is 6.66. The van der Waals surface area contributed by atoms with Gasteiger partial charge in [0.15, 0.2) is 0 Å². The number of hydrogen-bond acceptors (Lipinski definition) is 1. The Hall–Kier alpha value is -3.06. The van der Waals surface area contributed by atoms with Gasteiger partial charge in [0, 0.05) is 11.5 Å². The summed E-state index contributed by atoms with van der Waals surface area (Å²) in [6, 6.07) is 11.7. The van der Waals surface area contributed by atoms with Crippen LogP contribution in [-0.2, 0) is 10.8 Å². The normalized spacial score (nSPS) is 19.1. The van der Waals surface area contributed by atoms with Crippen molar-refractivity contribution < 1.29 is 4.42 Å². The molecule has 1 heterocycles. The molecule has 38 heavy (non-hydrogen) atoms. The molecular formula is C37H41O. The fourth-order valence-electron chi connectivity index (χ4n) is 6.66. The van der Waals surface area contributed by atoms with Crippen LogP contribution in [0.3, 0.4) is 0 Å². The van der Waals surface area contributed by atoms with E-state index in [-0.39, 0.29) is 10.8 Å². The molecule has 0 amide bonds. The molecule has 1 heteroatoms. The van der Waals surface area contributed by atoms with E-state index < -0.39 is 0 Å². The summed E-state index contributed by atoms with van der Waals surface area (Å²) in [4.78, 5) is 0. The lowest BCUT2D eigenvalue weighted by Crippen LogP contribution is -2.30. The monoisotopic (exact) mass is 501 g/mol. The van der Waals surface area contributed by atoms with Crippen molar-refractivity contribution in [2.75, 3.05) is 0 Å². The molecule has 1 nitrogen and oxygen atoms in total. The summed E-state index contributed by atoms with van der Waals surface area (Å²) < 4.78 is 5.57. The van der Waals surface area contributed by atoms with Gasteiger partial charge in [-0.1, -0.05) is 84.7 Å². The topological polar surface area (TPSA) is 13.1 Å². The maximum Gasteiger partial charge on any atom is 0.0981 e. The van der Waals surface area contributed by atoms with Crippen LogP contribution in [0.1, 0.15) is 108 Å². The second-order valence-corrected chi connectivity index (χ2v) is 13.6. The highest BCUT2D eigenvalue weighted by molar-refractivity contribution is 6.01. The van der Waals surface area contributed by atoms with E-state index >= 15 is 0 Å². The van der Waals surface area contributed by atoms with Gasteiger partial charge in [-0.05, 0) is 115 Å². The third kappa shape index (κ3) is 4.15. The first-order valence-electron chi connectivity index (χ1n) is 14.5. The molecule has 1 aromatic heterocycles. The van der Waals surface area contributed by atoms with Gasteiger partial charge in [-0.15, -0.1) is 0 Å². The first-order chi connectivity index (χ1) is 18.0. The van der Waals surface area contributed by atoms with Crippen LogP contribution in [0.4, 0.5) is 0 Å². The van der Waals surface area contributed by atoms with Crippen LogP contribution in [0.2, 0.25) is 0 Å². The molecule has 0 spiro atoms. The van der Waals surface area contributed by atoms with Crippen molar-refractivity contribution in [3.05, 3.63) is 104 Å². The van der Waals surface area contributed by atoms with Crippen LogP contribution in [0.25, 0.3) is 22.8 Å². The summed E-state index contributed by atoms with van der Waals surface area (Å²) in [5.41, 5.74) is 11.2. The number of rotatable bonds is 2. The van der Waals surface area contributed by atoms with Gasteiger partial charge in [0.2, 0.25) is 0 Å². The Labute approximate surface area is 228 Å². The van der Waals surface area contributed by atoms with Gasteiger partial charge >= 0.3 is 0 Å². The molecule has 1 fully saturated rings. The first kappa shape index (κ1) is 25.2. The Balaban J connectivity index is 1.84. The maximum absolute atomic E-state index is 5.57. The zero-order valence-corrected chi connectivity index (χ0v) is 24.2. The quantitative estimate of drug-likeness (QED) is 0.269. The van der Waals surface area contributed by atoms with Crippen LogP contribution in [0, 0.1) is 16.4 Å². The fraction of sp³-hybridized carbons (Fsp3) is 0.405. The lowest BCUT2D eigenvalue weighted by molar-refractivity contribution is 0.566. The number of hydrogen-bond donors (Lipinski definition) is 0. The molecule has 1 saturated carbocycles. The van der Waals surface area contributed by atoms with Crippen LogP contribution < -0.4 is 10.4 Å². The lowest BCUT2D eigenvalue weighted by Gasteiger charge is -2.28. The number of allylic oxidation sites excluding steroid dienone is 4. The van der Waals surface area contributed by atoms with Crippen molar-refractivity contribution in [2.45, 2.75) is 91.4 Å². The molecule has 0 bridgehead atoms. The largest absolute Gasteiger partial charge is 0.472 e. The highest BCUT2D eigenvalue weighted by atomic mass is 16.3. The Kier molecular flexibility index (Phi) is 5.98. The molecule has 0 saturated heterocycles. The minimum atomic E-state index is 0.0274. The Morgan fingerprint density at radius 3 is 2.29 bits per heavy atom. The molecule has 2 aromatic carbocycles. The SMILES string of the molecule is CC1C=CC(c2ccoc2)=C1c1c2c(cc(C(C)(C)C)c1=C1CCCCC1)=c1cc(C(C)(C)C)ccc1=[C]2. The van der Waals surface area contributed by atoms with Crippen LogP contribution in [0.15, 0.2) is 59.4 Å². The van der Waals surface area contributed by atoms with E-state index in [1.54, 1.807) is 11.8 Å². The zero-order chi connectivity index (χ0) is 26.8. The van der Waals surface area contributed by atoms with E-state index in [1.165, 1.54) is 91.9 Å². The summed E-state index contributed by atoms with van der Waals surface area (Å²) in [5, 5.41) is 5.43. The Morgan fingerprint density at radius 1 is 0.868 bits per heavy atom. The molecule has 3 aliphatic rings. The van der Waals surface area contributed by atoms with Crippen LogP contribution in [-0.4, -0.2) is 0 Å². The van der Waals surface area contributed by atoms with E-state index in [0.29, 0.717) is 5.92 Å². The third-order valence-corrected chi connectivity index (χ3v) is 8.78.